The summed E-state index contributed by atoms with van der Waals surface area (Å²) in [6.07, 6.45) is 4.29. The number of aryl methyl sites for hydroxylation is 1. The van der Waals surface area contributed by atoms with E-state index in [-0.39, 0.29) is 17.5 Å². The molecular formula is C14H19N5O3. The summed E-state index contributed by atoms with van der Waals surface area (Å²) in [5, 5.41) is 19.8. The van der Waals surface area contributed by atoms with Crippen molar-refractivity contribution in [3.8, 4) is 0 Å². The van der Waals surface area contributed by atoms with Crippen LogP contribution in [0.5, 0.6) is 0 Å². The van der Waals surface area contributed by atoms with E-state index in [1.165, 1.54) is 17.1 Å². The van der Waals surface area contributed by atoms with E-state index in [2.05, 4.69) is 15.5 Å². The Balaban J connectivity index is 2.07. The molecule has 0 aliphatic heterocycles. The molecule has 118 valence electrons. The van der Waals surface area contributed by atoms with Crippen LogP contribution >= 0.6 is 0 Å². The molecule has 22 heavy (non-hydrogen) atoms. The molecule has 8 heteroatoms. The number of nitrogens with zero attached hydrogens (tertiary/aromatic N) is 4. The zero-order chi connectivity index (χ0) is 16.4. The van der Waals surface area contributed by atoms with Gasteiger partial charge in [-0.2, -0.15) is 10.2 Å². The third-order valence-electron chi connectivity index (χ3n) is 3.72. The molecule has 2 atom stereocenters. The average Bonchev–Trinajstić information content (AvgIpc) is 3.06. The molecule has 2 heterocycles. The lowest BCUT2D eigenvalue weighted by atomic mass is 10.1. The van der Waals surface area contributed by atoms with Gasteiger partial charge in [-0.1, -0.05) is 0 Å². The van der Waals surface area contributed by atoms with Gasteiger partial charge in [-0.15, -0.1) is 0 Å². The van der Waals surface area contributed by atoms with E-state index >= 15 is 0 Å². The van der Waals surface area contributed by atoms with Gasteiger partial charge in [-0.05, 0) is 20.8 Å². The maximum absolute atomic E-state index is 12.3. The highest BCUT2D eigenvalue weighted by molar-refractivity contribution is 5.87. The van der Waals surface area contributed by atoms with Crippen molar-refractivity contribution < 1.29 is 14.7 Å². The number of aromatic nitrogens is 4. The second-order valence-electron chi connectivity index (χ2n) is 5.23. The fourth-order valence-electron chi connectivity index (χ4n) is 2.13. The van der Waals surface area contributed by atoms with E-state index in [0.717, 1.165) is 11.3 Å². The summed E-state index contributed by atoms with van der Waals surface area (Å²) in [6.45, 7) is 5.47. The molecule has 2 aromatic rings. The van der Waals surface area contributed by atoms with E-state index < -0.39 is 12.0 Å². The van der Waals surface area contributed by atoms with Crippen LogP contribution in [0.4, 0.5) is 0 Å². The molecule has 0 fully saturated rings. The third kappa shape index (κ3) is 3.00. The standard InChI is InChI=1S/C14H19N5O3/c1-8(12-6-15-18(4)9(12)2)17-13(20)10(3)19-7-11(5-16-19)14(21)22/h5-8,10H,1-4H3,(H,17,20)(H,21,22). The lowest BCUT2D eigenvalue weighted by Gasteiger charge is -2.17. The first-order valence-corrected chi connectivity index (χ1v) is 6.87. The second kappa shape index (κ2) is 6.00. The summed E-state index contributed by atoms with van der Waals surface area (Å²) in [4.78, 5) is 23.1. The van der Waals surface area contributed by atoms with Crippen LogP contribution in [0.2, 0.25) is 0 Å². The van der Waals surface area contributed by atoms with Crippen molar-refractivity contribution in [3.63, 3.8) is 0 Å². The van der Waals surface area contributed by atoms with Crippen molar-refractivity contribution in [2.75, 3.05) is 0 Å². The average molecular weight is 305 g/mol. The summed E-state index contributed by atoms with van der Waals surface area (Å²) >= 11 is 0. The van der Waals surface area contributed by atoms with Gasteiger partial charge in [0, 0.05) is 24.5 Å². The first kappa shape index (κ1) is 15.7. The second-order valence-corrected chi connectivity index (χ2v) is 5.23. The molecule has 0 radical (unpaired) electrons. The highest BCUT2D eigenvalue weighted by atomic mass is 16.4. The predicted octanol–water partition coefficient (Wildman–Crippen LogP) is 1.06. The van der Waals surface area contributed by atoms with Gasteiger partial charge in [-0.3, -0.25) is 14.2 Å². The normalized spacial score (nSPS) is 13.6. The molecule has 2 unspecified atom stereocenters. The first-order valence-electron chi connectivity index (χ1n) is 6.87. The molecule has 2 rings (SSSR count). The van der Waals surface area contributed by atoms with E-state index in [1.807, 2.05) is 20.9 Å². The van der Waals surface area contributed by atoms with Crippen LogP contribution in [0.15, 0.2) is 18.6 Å². The zero-order valence-corrected chi connectivity index (χ0v) is 12.9. The Morgan fingerprint density at radius 1 is 1.27 bits per heavy atom. The van der Waals surface area contributed by atoms with Gasteiger partial charge in [-0.25, -0.2) is 4.79 Å². The maximum atomic E-state index is 12.3. The Labute approximate surface area is 127 Å². The molecular weight excluding hydrogens is 286 g/mol. The van der Waals surface area contributed by atoms with Gasteiger partial charge in [0.25, 0.3) is 0 Å². The largest absolute Gasteiger partial charge is 0.478 e. The molecule has 0 saturated carbocycles. The molecule has 0 spiro atoms. The SMILES string of the molecule is Cc1c(C(C)NC(=O)C(C)n2cc(C(=O)O)cn2)cnn1C. The van der Waals surface area contributed by atoms with Crippen molar-refractivity contribution in [1.29, 1.82) is 0 Å². The fraction of sp³-hybridized carbons (Fsp3) is 0.429. The van der Waals surface area contributed by atoms with Gasteiger partial charge < -0.3 is 10.4 Å². The lowest BCUT2D eigenvalue weighted by Crippen LogP contribution is -2.33. The van der Waals surface area contributed by atoms with Crippen LogP contribution in [0.3, 0.4) is 0 Å². The summed E-state index contributed by atoms with van der Waals surface area (Å²) in [7, 11) is 1.84. The minimum Gasteiger partial charge on any atom is -0.478 e. The smallest absolute Gasteiger partial charge is 0.338 e. The van der Waals surface area contributed by atoms with E-state index in [9.17, 15) is 9.59 Å². The Morgan fingerprint density at radius 2 is 1.95 bits per heavy atom. The Bertz CT molecular complexity index is 703. The van der Waals surface area contributed by atoms with Gasteiger partial charge >= 0.3 is 5.97 Å². The molecule has 8 nitrogen and oxygen atoms in total. The van der Waals surface area contributed by atoms with Crippen molar-refractivity contribution in [2.45, 2.75) is 32.9 Å². The van der Waals surface area contributed by atoms with Crippen molar-refractivity contribution in [3.05, 3.63) is 35.4 Å². The van der Waals surface area contributed by atoms with E-state index in [4.69, 9.17) is 5.11 Å². The minimum atomic E-state index is -1.07. The van der Waals surface area contributed by atoms with Crippen LogP contribution in [-0.2, 0) is 11.8 Å². The van der Waals surface area contributed by atoms with Crippen LogP contribution in [0.1, 0.15) is 47.5 Å². The van der Waals surface area contributed by atoms with Crippen LogP contribution in [0, 0.1) is 6.92 Å². The van der Waals surface area contributed by atoms with Gasteiger partial charge in [0.2, 0.25) is 5.91 Å². The Kier molecular flexibility index (Phi) is 4.30. The molecule has 2 aromatic heterocycles. The van der Waals surface area contributed by atoms with E-state index in [0.29, 0.717) is 0 Å². The number of carboxylic acid groups (broad SMARTS) is 1. The van der Waals surface area contributed by atoms with Crippen molar-refractivity contribution in [1.82, 2.24) is 24.9 Å². The van der Waals surface area contributed by atoms with Gasteiger partial charge in [0.15, 0.2) is 0 Å². The van der Waals surface area contributed by atoms with Gasteiger partial charge in [0.1, 0.15) is 6.04 Å². The molecule has 1 amide bonds. The number of nitrogens with one attached hydrogen (secondary N) is 1. The van der Waals surface area contributed by atoms with E-state index in [1.54, 1.807) is 17.8 Å². The van der Waals surface area contributed by atoms with Crippen LogP contribution < -0.4 is 5.32 Å². The molecule has 2 N–H and O–H groups in total. The Hall–Kier alpha value is -2.64. The number of amides is 1. The summed E-state index contributed by atoms with van der Waals surface area (Å²) in [5.41, 5.74) is 1.97. The molecule has 0 aliphatic rings. The minimum absolute atomic E-state index is 0.0517. The maximum Gasteiger partial charge on any atom is 0.338 e. The molecule has 0 bridgehead atoms. The lowest BCUT2D eigenvalue weighted by molar-refractivity contribution is -0.124. The summed E-state index contributed by atoms with van der Waals surface area (Å²) in [5.74, 6) is -1.31. The highest BCUT2D eigenvalue weighted by Crippen LogP contribution is 2.17. The topological polar surface area (TPSA) is 102 Å². The zero-order valence-electron chi connectivity index (χ0n) is 12.9. The predicted molar refractivity (Wildman–Crippen MR) is 78.4 cm³/mol. The summed E-state index contributed by atoms with van der Waals surface area (Å²) < 4.78 is 3.08. The molecule has 0 aliphatic carbocycles. The number of aromatic carboxylic acids is 1. The third-order valence-corrected chi connectivity index (χ3v) is 3.72. The number of hydrogen-bond acceptors (Lipinski definition) is 4. The number of rotatable bonds is 5. The highest BCUT2D eigenvalue weighted by Gasteiger charge is 2.21. The van der Waals surface area contributed by atoms with Crippen molar-refractivity contribution >= 4 is 11.9 Å². The van der Waals surface area contributed by atoms with Crippen molar-refractivity contribution in [2.24, 2.45) is 7.05 Å². The fourth-order valence-corrected chi connectivity index (χ4v) is 2.13. The number of carboxylic acids is 1. The van der Waals surface area contributed by atoms with Crippen LogP contribution in [-0.4, -0.2) is 36.5 Å². The molecule has 0 aromatic carbocycles. The monoisotopic (exact) mass is 305 g/mol. The number of hydrogen-bond donors (Lipinski definition) is 2. The first-order chi connectivity index (χ1) is 10.3. The molecule has 0 saturated heterocycles. The quantitative estimate of drug-likeness (QED) is 0.860. The number of carbonyl (C=O) groups excluding carboxylic acids is 1. The number of carbonyl (C=O) groups is 2. The summed E-state index contributed by atoms with van der Waals surface area (Å²) in [6, 6.07) is -0.800. The van der Waals surface area contributed by atoms with Gasteiger partial charge in [0.05, 0.1) is 24.0 Å². The van der Waals surface area contributed by atoms with Crippen LogP contribution in [0.25, 0.3) is 0 Å². The Morgan fingerprint density at radius 3 is 2.45 bits per heavy atom.